The van der Waals surface area contributed by atoms with E-state index >= 15 is 0 Å². The van der Waals surface area contributed by atoms with Crippen molar-refractivity contribution in [1.29, 1.82) is 0 Å². The molecule has 3 nitrogen and oxygen atoms in total. The molecule has 3 heteroatoms. The van der Waals surface area contributed by atoms with Gasteiger partial charge < -0.3 is 10.6 Å². The first-order valence-electron chi connectivity index (χ1n) is 5.49. The Kier molecular flexibility index (Phi) is 6.54. The summed E-state index contributed by atoms with van der Waals surface area (Å²) in [7, 11) is 0. The van der Waals surface area contributed by atoms with E-state index in [1.54, 1.807) is 0 Å². The van der Waals surface area contributed by atoms with E-state index in [2.05, 4.69) is 13.8 Å². The summed E-state index contributed by atoms with van der Waals surface area (Å²) in [5.41, 5.74) is 5.49. The topological polar surface area (TPSA) is 46.3 Å². The highest BCUT2D eigenvalue weighted by Gasteiger charge is 2.15. The molecule has 14 heavy (non-hydrogen) atoms. The minimum Gasteiger partial charge on any atom is -0.343 e. The minimum atomic E-state index is 0.235. The van der Waals surface area contributed by atoms with Crippen molar-refractivity contribution < 1.29 is 4.79 Å². The first-order chi connectivity index (χ1) is 6.51. The molecule has 0 fully saturated rings. The second-order valence-electron chi connectivity index (χ2n) is 4.37. The molecule has 1 unspecified atom stereocenters. The van der Waals surface area contributed by atoms with Gasteiger partial charge in [0.05, 0.1) is 0 Å². The van der Waals surface area contributed by atoms with Gasteiger partial charge >= 0.3 is 0 Å². The number of carbonyl (C=O) groups excluding carboxylic acids is 1. The molecule has 1 amide bonds. The van der Waals surface area contributed by atoms with Gasteiger partial charge in [0, 0.05) is 19.5 Å². The van der Waals surface area contributed by atoms with Crippen LogP contribution in [0.15, 0.2) is 0 Å². The summed E-state index contributed by atoms with van der Waals surface area (Å²) in [5, 5.41) is 0. The molecule has 0 bridgehead atoms. The quantitative estimate of drug-likeness (QED) is 0.706. The second-order valence-corrected chi connectivity index (χ2v) is 4.37. The molecule has 0 spiro atoms. The molecule has 2 N–H and O–H groups in total. The monoisotopic (exact) mass is 200 g/mol. The van der Waals surface area contributed by atoms with Gasteiger partial charge in [-0.15, -0.1) is 0 Å². The number of nitrogens with two attached hydrogens (primary N) is 1. The first kappa shape index (κ1) is 13.4. The maximum atomic E-state index is 11.7. The Morgan fingerprint density at radius 3 is 2.29 bits per heavy atom. The van der Waals surface area contributed by atoms with Gasteiger partial charge in [-0.2, -0.15) is 0 Å². The predicted octanol–water partition coefficient (Wildman–Crippen LogP) is 1.48. The van der Waals surface area contributed by atoms with Gasteiger partial charge in [0.2, 0.25) is 5.91 Å². The zero-order chi connectivity index (χ0) is 11.1. The molecule has 84 valence electrons. The van der Waals surface area contributed by atoms with Crippen LogP contribution in [0.2, 0.25) is 0 Å². The molecule has 0 radical (unpaired) electrons. The number of amides is 1. The third-order valence-corrected chi connectivity index (χ3v) is 2.25. The van der Waals surface area contributed by atoms with Crippen molar-refractivity contribution in [2.45, 2.75) is 34.1 Å². The van der Waals surface area contributed by atoms with E-state index in [1.807, 2.05) is 18.7 Å². The third kappa shape index (κ3) is 5.22. The molecular formula is C11H24N2O. The smallest absolute Gasteiger partial charge is 0.222 e. The Bertz CT molecular complexity index is 169. The van der Waals surface area contributed by atoms with Crippen LogP contribution in [-0.2, 0) is 4.79 Å². The summed E-state index contributed by atoms with van der Waals surface area (Å²) in [5.74, 6) is 1.06. The summed E-state index contributed by atoms with van der Waals surface area (Å²) in [6, 6.07) is 0. The fraction of sp³-hybridized carbons (Fsp3) is 0.909. The van der Waals surface area contributed by atoms with E-state index < -0.39 is 0 Å². The normalized spacial score (nSPS) is 13.0. The number of hydrogen-bond acceptors (Lipinski definition) is 2. The summed E-state index contributed by atoms with van der Waals surface area (Å²) >= 11 is 0. The van der Waals surface area contributed by atoms with Gasteiger partial charge in [-0.1, -0.05) is 20.8 Å². The lowest BCUT2D eigenvalue weighted by Gasteiger charge is -2.24. The maximum Gasteiger partial charge on any atom is 0.222 e. The average Bonchev–Trinajstić information content (AvgIpc) is 2.13. The summed E-state index contributed by atoms with van der Waals surface area (Å²) in [6.45, 7) is 10.5. The van der Waals surface area contributed by atoms with E-state index in [0.29, 0.717) is 24.8 Å². The van der Waals surface area contributed by atoms with Crippen molar-refractivity contribution in [1.82, 2.24) is 4.90 Å². The van der Waals surface area contributed by atoms with Crippen LogP contribution in [0.25, 0.3) is 0 Å². The molecular weight excluding hydrogens is 176 g/mol. The highest BCUT2D eigenvalue weighted by Crippen LogP contribution is 2.06. The van der Waals surface area contributed by atoms with E-state index in [0.717, 1.165) is 13.1 Å². The lowest BCUT2D eigenvalue weighted by molar-refractivity contribution is -0.132. The van der Waals surface area contributed by atoms with Crippen LogP contribution in [0.3, 0.4) is 0 Å². The SMILES string of the molecule is CCN(CC(C)C)C(=O)CC(C)CN. The molecule has 0 aliphatic rings. The summed E-state index contributed by atoms with van der Waals surface area (Å²) in [6.07, 6.45) is 0.580. The third-order valence-electron chi connectivity index (χ3n) is 2.25. The van der Waals surface area contributed by atoms with Gasteiger partial charge in [0.1, 0.15) is 0 Å². The lowest BCUT2D eigenvalue weighted by Crippen LogP contribution is -2.35. The van der Waals surface area contributed by atoms with Crippen molar-refractivity contribution in [2.24, 2.45) is 17.6 Å². The zero-order valence-electron chi connectivity index (χ0n) is 9.92. The highest BCUT2D eigenvalue weighted by molar-refractivity contribution is 5.76. The maximum absolute atomic E-state index is 11.7. The molecule has 0 rings (SSSR count). The molecule has 0 saturated carbocycles. The Morgan fingerprint density at radius 1 is 1.36 bits per heavy atom. The fourth-order valence-electron chi connectivity index (χ4n) is 1.36. The van der Waals surface area contributed by atoms with Gasteiger partial charge in [-0.3, -0.25) is 4.79 Å². The van der Waals surface area contributed by atoms with Crippen LogP contribution in [0.5, 0.6) is 0 Å². The molecule has 0 saturated heterocycles. The first-order valence-corrected chi connectivity index (χ1v) is 5.49. The predicted molar refractivity (Wildman–Crippen MR) is 59.9 cm³/mol. The van der Waals surface area contributed by atoms with Crippen LogP contribution >= 0.6 is 0 Å². The van der Waals surface area contributed by atoms with Gasteiger partial charge in [0.15, 0.2) is 0 Å². The van der Waals surface area contributed by atoms with Gasteiger partial charge in [-0.05, 0) is 25.3 Å². The Labute approximate surface area is 87.6 Å². The number of hydrogen-bond donors (Lipinski definition) is 1. The van der Waals surface area contributed by atoms with Crippen LogP contribution < -0.4 is 5.73 Å². The van der Waals surface area contributed by atoms with E-state index in [1.165, 1.54) is 0 Å². The van der Waals surface area contributed by atoms with Crippen LogP contribution in [0.4, 0.5) is 0 Å². The molecule has 0 aromatic heterocycles. The fourth-order valence-corrected chi connectivity index (χ4v) is 1.36. The van der Waals surface area contributed by atoms with Crippen molar-refractivity contribution in [3.63, 3.8) is 0 Å². The number of nitrogens with zero attached hydrogens (tertiary/aromatic N) is 1. The van der Waals surface area contributed by atoms with Crippen molar-refractivity contribution >= 4 is 5.91 Å². The molecule has 0 aromatic rings. The van der Waals surface area contributed by atoms with Crippen LogP contribution in [0, 0.1) is 11.8 Å². The Balaban J connectivity index is 4.04. The van der Waals surface area contributed by atoms with Crippen molar-refractivity contribution in [3.05, 3.63) is 0 Å². The second kappa shape index (κ2) is 6.82. The Morgan fingerprint density at radius 2 is 1.93 bits per heavy atom. The number of carbonyl (C=O) groups is 1. The van der Waals surface area contributed by atoms with E-state index in [4.69, 9.17) is 5.73 Å². The van der Waals surface area contributed by atoms with Gasteiger partial charge in [-0.25, -0.2) is 0 Å². The molecule has 0 aliphatic carbocycles. The minimum absolute atomic E-state index is 0.235. The molecule has 0 heterocycles. The van der Waals surface area contributed by atoms with Crippen LogP contribution in [-0.4, -0.2) is 30.4 Å². The largest absolute Gasteiger partial charge is 0.343 e. The van der Waals surface area contributed by atoms with Crippen molar-refractivity contribution in [2.75, 3.05) is 19.6 Å². The molecule has 0 aromatic carbocycles. The lowest BCUT2D eigenvalue weighted by atomic mass is 10.1. The Hall–Kier alpha value is -0.570. The summed E-state index contributed by atoms with van der Waals surface area (Å²) in [4.78, 5) is 13.7. The van der Waals surface area contributed by atoms with E-state index in [9.17, 15) is 4.79 Å². The zero-order valence-corrected chi connectivity index (χ0v) is 9.92. The molecule has 0 aliphatic heterocycles. The van der Waals surface area contributed by atoms with E-state index in [-0.39, 0.29) is 5.91 Å². The van der Waals surface area contributed by atoms with Gasteiger partial charge in [0.25, 0.3) is 0 Å². The molecule has 1 atom stereocenters. The van der Waals surface area contributed by atoms with Crippen LogP contribution in [0.1, 0.15) is 34.1 Å². The standard InChI is InChI=1S/C11H24N2O/c1-5-13(8-9(2)3)11(14)6-10(4)7-12/h9-10H,5-8,12H2,1-4H3. The summed E-state index contributed by atoms with van der Waals surface area (Å²) < 4.78 is 0. The number of rotatable bonds is 6. The highest BCUT2D eigenvalue weighted by atomic mass is 16.2. The van der Waals surface area contributed by atoms with Crippen molar-refractivity contribution in [3.8, 4) is 0 Å². The average molecular weight is 200 g/mol.